The highest BCUT2D eigenvalue weighted by atomic mass is 32.1. The van der Waals surface area contributed by atoms with Crippen LogP contribution < -0.4 is 4.90 Å². The van der Waals surface area contributed by atoms with Crippen LogP contribution in [0.3, 0.4) is 0 Å². The highest BCUT2D eigenvalue weighted by Crippen LogP contribution is 2.43. The monoisotopic (exact) mass is 744 g/mol. The van der Waals surface area contributed by atoms with E-state index >= 15 is 0 Å². The molecule has 11 rings (SSSR count). The van der Waals surface area contributed by atoms with Crippen molar-refractivity contribution in [2.45, 2.75) is 0 Å². The van der Waals surface area contributed by atoms with Gasteiger partial charge in [-0.2, -0.15) is 0 Å². The lowest BCUT2D eigenvalue weighted by Gasteiger charge is -2.26. The van der Waals surface area contributed by atoms with Crippen molar-refractivity contribution >= 4 is 70.4 Å². The maximum absolute atomic E-state index is 2.43. The fourth-order valence-electron chi connectivity index (χ4n) is 8.41. The largest absolute Gasteiger partial charge is 0.310 e. The van der Waals surface area contributed by atoms with Crippen LogP contribution in [0.5, 0.6) is 0 Å². The second-order valence-electron chi connectivity index (χ2n) is 14.6. The van der Waals surface area contributed by atoms with E-state index in [9.17, 15) is 0 Å². The average Bonchev–Trinajstić information content (AvgIpc) is 3.82. The van der Waals surface area contributed by atoms with E-state index in [1.54, 1.807) is 0 Å². The summed E-state index contributed by atoms with van der Waals surface area (Å²) in [6.45, 7) is 0. The van der Waals surface area contributed by atoms with Gasteiger partial charge in [0.2, 0.25) is 0 Å². The van der Waals surface area contributed by atoms with Gasteiger partial charge in [0.1, 0.15) is 0 Å². The minimum Gasteiger partial charge on any atom is -0.310 e. The summed E-state index contributed by atoms with van der Waals surface area (Å²) in [5, 5.41) is 5.09. The Labute approximate surface area is 335 Å². The Hall–Kier alpha value is -7.20. The zero-order chi connectivity index (χ0) is 37.7. The Morgan fingerprint density at radius 3 is 1.37 bits per heavy atom. The number of rotatable bonds is 7. The molecular formula is C54H36N2S. The molecule has 0 unspecified atom stereocenters. The number of benzene rings is 9. The summed E-state index contributed by atoms with van der Waals surface area (Å²) < 4.78 is 4.97. The van der Waals surface area contributed by atoms with Gasteiger partial charge >= 0.3 is 0 Å². The van der Waals surface area contributed by atoms with E-state index in [4.69, 9.17) is 0 Å². The summed E-state index contributed by atoms with van der Waals surface area (Å²) in [6, 6.07) is 79.3. The first-order valence-corrected chi connectivity index (χ1v) is 20.2. The first kappa shape index (κ1) is 33.2. The number of hydrogen-bond donors (Lipinski definition) is 0. The van der Waals surface area contributed by atoms with Crippen molar-refractivity contribution < 1.29 is 0 Å². The van der Waals surface area contributed by atoms with Gasteiger partial charge in [-0.3, -0.25) is 0 Å². The lowest BCUT2D eigenvalue weighted by molar-refractivity contribution is 1.19. The van der Waals surface area contributed by atoms with Gasteiger partial charge < -0.3 is 9.47 Å². The lowest BCUT2D eigenvalue weighted by atomic mass is 10.0. The SMILES string of the molecule is c1ccc(-c2ccc(N(c3ccc(-c4ccccc4)cc3)c3ccc4c(c3)sc3cc(-n5c6ccccc6c6cc(-c7ccccc7)ccc65)ccc34)cc2)cc1. The number of para-hydroxylation sites is 1. The van der Waals surface area contributed by atoms with Crippen LogP contribution >= 0.6 is 11.3 Å². The van der Waals surface area contributed by atoms with Gasteiger partial charge in [0.15, 0.2) is 0 Å². The molecule has 3 heteroatoms. The van der Waals surface area contributed by atoms with Crippen molar-refractivity contribution in [3.63, 3.8) is 0 Å². The van der Waals surface area contributed by atoms with Crippen molar-refractivity contribution in [3.8, 4) is 39.1 Å². The van der Waals surface area contributed by atoms with E-state index in [1.165, 1.54) is 81.0 Å². The first-order valence-electron chi connectivity index (χ1n) is 19.4. The standard InChI is InChI=1S/C54H36N2S/c1-4-12-37(13-5-1)40-20-25-43(26-21-40)55(44-27-22-41(23-28-44)38-14-6-2-7-15-38)45-29-31-48-49-32-30-46(36-54(49)57-53(48)35-45)56-51-19-11-10-18-47(51)50-34-42(24-33-52(50)56)39-16-8-3-9-17-39/h1-36H. The molecule has 0 radical (unpaired) electrons. The molecule has 9 aromatic carbocycles. The molecule has 2 heterocycles. The number of aromatic nitrogens is 1. The van der Waals surface area contributed by atoms with Crippen LogP contribution in [0.25, 0.3) is 81.0 Å². The van der Waals surface area contributed by atoms with Crippen LogP contribution in [0.4, 0.5) is 17.1 Å². The number of anilines is 3. The predicted molar refractivity (Wildman–Crippen MR) is 245 cm³/mol. The molecular weight excluding hydrogens is 709 g/mol. The van der Waals surface area contributed by atoms with Gasteiger partial charge in [-0.1, -0.05) is 152 Å². The normalized spacial score (nSPS) is 11.5. The van der Waals surface area contributed by atoms with Crippen LogP contribution in [-0.4, -0.2) is 4.57 Å². The van der Waals surface area contributed by atoms with Gasteiger partial charge in [-0.15, -0.1) is 11.3 Å². The molecule has 0 fully saturated rings. The van der Waals surface area contributed by atoms with E-state index < -0.39 is 0 Å². The van der Waals surface area contributed by atoms with Crippen LogP contribution in [0, 0.1) is 0 Å². The minimum atomic E-state index is 1.12. The Morgan fingerprint density at radius 1 is 0.298 bits per heavy atom. The smallest absolute Gasteiger partial charge is 0.0541 e. The molecule has 0 N–H and O–H groups in total. The predicted octanol–water partition coefficient (Wildman–Crippen LogP) is 15.6. The van der Waals surface area contributed by atoms with E-state index in [0.29, 0.717) is 0 Å². The summed E-state index contributed by atoms with van der Waals surface area (Å²) in [7, 11) is 0. The quantitative estimate of drug-likeness (QED) is 0.158. The third kappa shape index (κ3) is 5.88. The fraction of sp³-hybridized carbons (Fsp3) is 0. The molecule has 2 aromatic heterocycles. The topological polar surface area (TPSA) is 8.17 Å². The summed E-state index contributed by atoms with van der Waals surface area (Å²) in [5.41, 5.74) is 14.3. The van der Waals surface area contributed by atoms with Crippen LogP contribution in [0.2, 0.25) is 0 Å². The zero-order valence-electron chi connectivity index (χ0n) is 31.1. The van der Waals surface area contributed by atoms with Crippen molar-refractivity contribution in [2.75, 3.05) is 4.90 Å². The third-order valence-electron chi connectivity index (χ3n) is 11.2. The summed E-state index contributed by atoms with van der Waals surface area (Å²) in [4.78, 5) is 2.38. The molecule has 0 aliphatic rings. The van der Waals surface area contributed by atoms with Crippen LogP contribution in [0.1, 0.15) is 0 Å². The molecule has 0 atom stereocenters. The zero-order valence-corrected chi connectivity index (χ0v) is 31.9. The molecule has 0 aliphatic heterocycles. The lowest BCUT2D eigenvalue weighted by Crippen LogP contribution is -2.09. The molecule has 0 saturated heterocycles. The Morgan fingerprint density at radius 2 is 0.754 bits per heavy atom. The van der Waals surface area contributed by atoms with Crippen molar-refractivity contribution in [3.05, 3.63) is 218 Å². The summed E-state index contributed by atoms with van der Waals surface area (Å²) in [5.74, 6) is 0. The van der Waals surface area contributed by atoms with Gasteiger partial charge in [0.05, 0.1) is 11.0 Å². The Kier molecular flexibility index (Phi) is 8.04. The number of thiophene rings is 1. The molecule has 268 valence electrons. The van der Waals surface area contributed by atoms with Gasteiger partial charge in [-0.05, 0) is 100 Å². The second kappa shape index (κ2) is 13.8. The third-order valence-corrected chi connectivity index (χ3v) is 12.3. The minimum absolute atomic E-state index is 1.12. The number of hydrogen-bond acceptors (Lipinski definition) is 2. The maximum Gasteiger partial charge on any atom is 0.0541 e. The molecule has 0 amide bonds. The van der Waals surface area contributed by atoms with Crippen molar-refractivity contribution in [1.82, 2.24) is 4.57 Å². The van der Waals surface area contributed by atoms with E-state index in [1.807, 2.05) is 11.3 Å². The summed E-state index contributed by atoms with van der Waals surface area (Å²) in [6.07, 6.45) is 0. The van der Waals surface area contributed by atoms with E-state index in [-0.39, 0.29) is 0 Å². The highest BCUT2D eigenvalue weighted by molar-refractivity contribution is 7.25. The average molecular weight is 745 g/mol. The van der Waals surface area contributed by atoms with Gasteiger partial charge in [0.25, 0.3) is 0 Å². The van der Waals surface area contributed by atoms with Gasteiger partial charge in [0, 0.05) is 53.7 Å². The fourth-order valence-corrected chi connectivity index (χ4v) is 9.58. The molecule has 0 bridgehead atoms. The molecule has 0 aliphatic carbocycles. The molecule has 11 aromatic rings. The number of fused-ring (bicyclic) bond motifs is 6. The molecule has 0 saturated carbocycles. The molecule has 2 nitrogen and oxygen atoms in total. The molecule has 57 heavy (non-hydrogen) atoms. The van der Waals surface area contributed by atoms with Crippen LogP contribution in [-0.2, 0) is 0 Å². The number of nitrogens with zero attached hydrogens (tertiary/aromatic N) is 2. The highest BCUT2D eigenvalue weighted by Gasteiger charge is 2.18. The van der Waals surface area contributed by atoms with Gasteiger partial charge in [-0.25, -0.2) is 0 Å². The maximum atomic E-state index is 2.43. The van der Waals surface area contributed by atoms with Crippen molar-refractivity contribution in [1.29, 1.82) is 0 Å². The van der Waals surface area contributed by atoms with Crippen molar-refractivity contribution in [2.24, 2.45) is 0 Å². The Bertz CT molecular complexity index is 3120. The first-order chi connectivity index (χ1) is 28.2. The Balaban J connectivity index is 1.01. The second-order valence-corrected chi connectivity index (χ2v) is 15.7. The molecule has 0 spiro atoms. The van der Waals surface area contributed by atoms with E-state index in [0.717, 1.165) is 17.1 Å². The summed E-state index contributed by atoms with van der Waals surface area (Å²) >= 11 is 1.87. The van der Waals surface area contributed by atoms with Crippen LogP contribution in [0.15, 0.2) is 218 Å². The van der Waals surface area contributed by atoms with E-state index in [2.05, 4.69) is 228 Å².